The average Bonchev–Trinajstić information content (AvgIpc) is 2.43. The zero-order valence-electron chi connectivity index (χ0n) is 10.4. The van der Waals surface area contributed by atoms with E-state index in [4.69, 9.17) is 0 Å². The highest BCUT2D eigenvalue weighted by Gasteiger charge is 2.18. The van der Waals surface area contributed by atoms with Gasteiger partial charge in [0.2, 0.25) is 0 Å². The molecule has 0 saturated carbocycles. The van der Waals surface area contributed by atoms with Gasteiger partial charge in [0.1, 0.15) is 5.82 Å². The van der Waals surface area contributed by atoms with Gasteiger partial charge in [0, 0.05) is 32.1 Å². The Morgan fingerprint density at radius 3 is 2.32 bits per heavy atom. The molecule has 2 aromatic rings. The predicted molar refractivity (Wildman–Crippen MR) is 76.6 cm³/mol. The van der Waals surface area contributed by atoms with Crippen LogP contribution < -0.4 is 0 Å². The van der Waals surface area contributed by atoms with Crippen LogP contribution in [0.25, 0.3) is 0 Å². The Morgan fingerprint density at radius 1 is 1.00 bits per heavy atom. The molecule has 0 amide bonds. The second-order valence-corrected chi connectivity index (χ2v) is 6.75. The van der Waals surface area contributed by atoms with Crippen LogP contribution in [0, 0.1) is 5.82 Å². The third-order valence-corrected chi connectivity index (χ3v) is 5.68. The number of benzene rings is 2. The number of aliphatic hydroxyl groups excluding tert-OH is 1. The molecule has 1 aliphatic rings. The van der Waals surface area contributed by atoms with E-state index in [-0.39, 0.29) is 18.3 Å². The van der Waals surface area contributed by atoms with E-state index in [9.17, 15) is 9.50 Å². The van der Waals surface area contributed by atoms with Crippen LogP contribution in [0.3, 0.4) is 0 Å². The lowest BCUT2D eigenvalue weighted by atomic mass is 10.0. The fourth-order valence-corrected chi connectivity index (χ4v) is 4.25. The SMILES string of the molecule is CC(CO)c1ccc2c(c1)Sc1ccc(F)cc1S2. The smallest absolute Gasteiger partial charge is 0.124 e. The zero-order valence-corrected chi connectivity index (χ0v) is 12.0. The molecule has 3 rings (SSSR count). The molecule has 0 saturated heterocycles. The predicted octanol–water partition coefficient (Wildman–Crippen LogP) is 4.54. The summed E-state index contributed by atoms with van der Waals surface area (Å²) in [5, 5.41) is 9.23. The Bertz CT molecular complexity index is 628. The van der Waals surface area contributed by atoms with Crippen LogP contribution in [0.2, 0.25) is 0 Å². The lowest BCUT2D eigenvalue weighted by molar-refractivity contribution is 0.273. The summed E-state index contributed by atoms with van der Waals surface area (Å²) in [4.78, 5) is 4.40. The molecule has 0 aliphatic carbocycles. The van der Waals surface area contributed by atoms with Crippen molar-refractivity contribution in [3.05, 3.63) is 47.8 Å². The molecule has 4 heteroatoms. The first kappa shape index (κ1) is 13.0. The molecule has 0 spiro atoms. The molecule has 0 bridgehead atoms. The Labute approximate surface area is 120 Å². The number of hydrogen-bond donors (Lipinski definition) is 1. The number of aliphatic hydroxyl groups is 1. The number of halogens is 1. The van der Waals surface area contributed by atoms with Crippen LogP contribution in [-0.4, -0.2) is 11.7 Å². The lowest BCUT2D eigenvalue weighted by Gasteiger charge is -2.20. The molecule has 1 heterocycles. The van der Waals surface area contributed by atoms with E-state index in [0.717, 1.165) is 20.2 Å². The summed E-state index contributed by atoms with van der Waals surface area (Å²) < 4.78 is 13.2. The molecular formula is C15H13FOS2. The summed E-state index contributed by atoms with van der Waals surface area (Å²) in [5.41, 5.74) is 1.14. The van der Waals surface area contributed by atoms with E-state index in [0.29, 0.717) is 0 Å². The van der Waals surface area contributed by atoms with Gasteiger partial charge in [0.15, 0.2) is 0 Å². The van der Waals surface area contributed by atoms with Gasteiger partial charge >= 0.3 is 0 Å². The van der Waals surface area contributed by atoms with Crippen molar-refractivity contribution in [1.29, 1.82) is 0 Å². The van der Waals surface area contributed by atoms with Crippen LogP contribution >= 0.6 is 23.5 Å². The van der Waals surface area contributed by atoms with Crippen LogP contribution in [0.5, 0.6) is 0 Å². The highest BCUT2D eigenvalue weighted by Crippen LogP contribution is 2.49. The summed E-state index contributed by atoms with van der Waals surface area (Å²) in [6.45, 7) is 2.16. The molecule has 98 valence electrons. The summed E-state index contributed by atoms with van der Waals surface area (Å²) in [7, 11) is 0. The van der Waals surface area contributed by atoms with Crippen LogP contribution in [0.4, 0.5) is 4.39 Å². The van der Waals surface area contributed by atoms with Crippen molar-refractivity contribution >= 4 is 23.5 Å². The normalized spacial score (nSPS) is 14.7. The minimum Gasteiger partial charge on any atom is -0.396 e. The van der Waals surface area contributed by atoms with Gasteiger partial charge in [-0.2, -0.15) is 0 Å². The monoisotopic (exact) mass is 292 g/mol. The first-order chi connectivity index (χ1) is 9.17. The molecule has 0 radical (unpaired) electrons. The third-order valence-electron chi connectivity index (χ3n) is 3.16. The molecule has 1 unspecified atom stereocenters. The quantitative estimate of drug-likeness (QED) is 0.749. The van der Waals surface area contributed by atoms with Gasteiger partial charge in [-0.25, -0.2) is 4.39 Å². The summed E-state index contributed by atoms with van der Waals surface area (Å²) in [5.74, 6) is -0.0497. The molecule has 2 aromatic carbocycles. The molecule has 19 heavy (non-hydrogen) atoms. The van der Waals surface area contributed by atoms with Crippen LogP contribution in [0.15, 0.2) is 56.0 Å². The molecule has 0 aromatic heterocycles. The molecule has 1 atom stereocenters. The lowest BCUT2D eigenvalue weighted by Crippen LogP contribution is -2.00. The topological polar surface area (TPSA) is 20.2 Å². The van der Waals surface area contributed by atoms with Crippen molar-refractivity contribution in [2.75, 3.05) is 6.61 Å². The van der Waals surface area contributed by atoms with E-state index in [1.165, 1.54) is 11.0 Å². The largest absolute Gasteiger partial charge is 0.396 e. The van der Waals surface area contributed by atoms with Gasteiger partial charge in [-0.05, 0) is 35.9 Å². The van der Waals surface area contributed by atoms with Crippen molar-refractivity contribution in [2.45, 2.75) is 32.4 Å². The van der Waals surface area contributed by atoms with E-state index < -0.39 is 0 Å². The van der Waals surface area contributed by atoms with Crippen molar-refractivity contribution in [2.24, 2.45) is 0 Å². The Hall–Kier alpha value is -0.970. The Morgan fingerprint density at radius 2 is 1.63 bits per heavy atom. The third kappa shape index (κ3) is 2.53. The second-order valence-electron chi connectivity index (χ2n) is 4.58. The van der Waals surface area contributed by atoms with E-state index >= 15 is 0 Å². The fourth-order valence-electron chi connectivity index (χ4n) is 1.98. The van der Waals surface area contributed by atoms with Crippen LogP contribution in [0.1, 0.15) is 18.4 Å². The second kappa shape index (κ2) is 5.19. The number of rotatable bonds is 2. The van der Waals surface area contributed by atoms with Crippen molar-refractivity contribution in [3.63, 3.8) is 0 Å². The summed E-state index contributed by atoms with van der Waals surface area (Å²) in [6.07, 6.45) is 0. The van der Waals surface area contributed by atoms with Crippen molar-refractivity contribution in [1.82, 2.24) is 0 Å². The number of fused-ring (bicyclic) bond motifs is 2. The fraction of sp³-hybridized carbons (Fsp3) is 0.200. The number of hydrogen-bond acceptors (Lipinski definition) is 3. The van der Waals surface area contributed by atoms with E-state index in [1.807, 2.05) is 19.1 Å². The minimum atomic E-state index is -0.194. The van der Waals surface area contributed by atoms with Gasteiger partial charge in [-0.3, -0.25) is 0 Å². The van der Waals surface area contributed by atoms with E-state index in [1.54, 1.807) is 29.6 Å². The molecule has 1 aliphatic heterocycles. The summed E-state index contributed by atoms with van der Waals surface area (Å²) in [6, 6.07) is 11.1. The van der Waals surface area contributed by atoms with Gasteiger partial charge in [0.05, 0.1) is 0 Å². The Kier molecular flexibility index (Phi) is 3.56. The maximum atomic E-state index is 13.2. The minimum absolute atomic E-state index is 0.144. The first-order valence-corrected chi connectivity index (χ1v) is 7.71. The van der Waals surface area contributed by atoms with E-state index in [2.05, 4.69) is 12.1 Å². The van der Waals surface area contributed by atoms with Crippen molar-refractivity contribution < 1.29 is 9.50 Å². The van der Waals surface area contributed by atoms with Crippen LogP contribution in [-0.2, 0) is 0 Å². The van der Waals surface area contributed by atoms with Gasteiger partial charge in [0.25, 0.3) is 0 Å². The standard InChI is InChI=1S/C15H13FOS2/c1-9(8-17)10-2-4-12-14(6-10)18-13-5-3-11(16)7-15(13)19-12/h2-7,9,17H,8H2,1H3. The highest BCUT2D eigenvalue weighted by molar-refractivity contribution is 8.05. The summed E-state index contributed by atoms with van der Waals surface area (Å²) >= 11 is 3.27. The van der Waals surface area contributed by atoms with Gasteiger partial charge < -0.3 is 5.11 Å². The van der Waals surface area contributed by atoms with Crippen molar-refractivity contribution in [3.8, 4) is 0 Å². The molecule has 0 fully saturated rings. The first-order valence-electron chi connectivity index (χ1n) is 6.07. The molecule has 1 nitrogen and oxygen atoms in total. The van der Waals surface area contributed by atoms with Gasteiger partial charge in [-0.15, -0.1) is 0 Å². The average molecular weight is 292 g/mol. The maximum absolute atomic E-state index is 13.2. The highest BCUT2D eigenvalue weighted by atomic mass is 32.2. The Balaban J connectivity index is 1.98. The van der Waals surface area contributed by atoms with Gasteiger partial charge in [-0.1, -0.05) is 36.5 Å². The zero-order chi connectivity index (χ0) is 13.4. The molecule has 1 N–H and O–H groups in total. The molecular weight excluding hydrogens is 279 g/mol. The maximum Gasteiger partial charge on any atom is 0.124 e.